The van der Waals surface area contributed by atoms with E-state index in [2.05, 4.69) is 5.32 Å². The number of hydrogen-bond acceptors (Lipinski definition) is 3. The van der Waals surface area contributed by atoms with Gasteiger partial charge in [-0.15, -0.1) is 0 Å². The van der Waals surface area contributed by atoms with Gasteiger partial charge in [0.2, 0.25) is 0 Å². The largest absolute Gasteiger partial charge is 0.396 e. The van der Waals surface area contributed by atoms with Crippen LogP contribution in [-0.2, 0) is 0 Å². The van der Waals surface area contributed by atoms with Crippen LogP contribution >= 0.6 is 0 Å². The van der Waals surface area contributed by atoms with Crippen molar-refractivity contribution in [2.24, 2.45) is 0 Å². The van der Waals surface area contributed by atoms with Crippen LogP contribution in [0.4, 0.5) is 0 Å². The number of unbranched alkanes of at least 4 members (excludes halogenated alkanes) is 1. The molecule has 3 heteroatoms. The maximum Gasteiger partial charge on any atom is 0.116 e. The molecule has 78 valence electrons. The molecule has 0 aromatic carbocycles. The second-order valence-electron chi connectivity index (χ2n) is 3.95. The van der Waals surface area contributed by atoms with E-state index in [1.165, 1.54) is 6.42 Å². The van der Waals surface area contributed by atoms with Gasteiger partial charge in [-0.1, -0.05) is 6.42 Å². The molecule has 0 heterocycles. The fraction of sp³-hybridized carbons (Fsp3) is 1.00. The molecule has 0 spiro atoms. The molecular weight excluding hydrogens is 166 g/mol. The van der Waals surface area contributed by atoms with Crippen molar-refractivity contribution in [3.05, 3.63) is 0 Å². The molecule has 1 fully saturated rings. The smallest absolute Gasteiger partial charge is 0.116 e. The van der Waals surface area contributed by atoms with Gasteiger partial charge in [-0.2, -0.15) is 0 Å². The zero-order valence-electron chi connectivity index (χ0n) is 8.26. The molecule has 1 saturated carbocycles. The number of rotatable bonds is 5. The van der Waals surface area contributed by atoms with E-state index >= 15 is 0 Å². The van der Waals surface area contributed by atoms with Crippen molar-refractivity contribution in [3.63, 3.8) is 0 Å². The summed E-state index contributed by atoms with van der Waals surface area (Å²) in [6.45, 7) is 1.07. The molecule has 0 aliphatic heterocycles. The lowest BCUT2D eigenvalue weighted by Gasteiger charge is -2.33. The Balaban J connectivity index is 2.10. The fourth-order valence-electron chi connectivity index (χ4n) is 1.87. The van der Waals surface area contributed by atoms with E-state index in [1.54, 1.807) is 0 Å². The molecule has 1 aliphatic rings. The van der Waals surface area contributed by atoms with E-state index in [9.17, 15) is 5.11 Å². The zero-order valence-corrected chi connectivity index (χ0v) is 8.26. The normalized spacial score (nSPS) is 21.7. The van der Waals surface area contributed by atoms with Crippen molar-refractivity contribution in [2.45, 2.75) is 50.7 Å². The summed E-state index contributed by atoms with van der Waals surface area (Å²) in [4.78, 5) is 0. The Morgan fingerprint density at radius 1 is 1.08 bits per heavy atom. The maximum atomic E-state index is 10.00. The first-order valence-corrected chi connectivity index (χ1v) is 5.35. The maximum absolute atomic E-state index is 10.00. The highest BCUT2D eigenvalue weighted by molar-refractivity contribution is 4.79. The molecule has 0 amide bonds. The Morgan fingerprint density at radius 2 is 1.77 bits per heavy atom. The van der Waals surface area contributed by atoms with Crippen LogP contribution in [0.2, 0.25) is 0 Å². The van der Waals surface area contributed by atoms with Gasteiger partial charge in [0, 0.05) is 6.61 Å². The molecule has 0 bridgehead atoms. The second kappa shape index (κ2) is 5.58. The second-order valence-corrected chi connectivity index (χ2v) is 3.95. The fourth-order valence-corrected chi connectivity index (χ4v) is 1.87. The minimum absolute atomic E-state index is 0.250. The van der Waals surface area contributed by atoms with Crippen molar-refractivity contribution in [2.75, 3.05) is 13.2 Å². The highest BCUT2D eigenvalue weighted by Gasteiger charge is 2.27. The van der Waals surface area contributed by atoms with Gasteiger partial charge in [0.1, 0.15) is 5.72 Å². The molecule has 1 rings (SSSR count). The van der Waals surface area contributed by atoms with Crippen LogP contribution in [0.5, 0.6) is 0 Å². The third-order valence-electron chi connectivity index (χ3n) is 2.72. The van der Waals surface area contributed by atoms with Gasteiger partial charge in [0.05, 0.1) is 0 Å². The zero-order chi connectivity index (χ0) is 9.57. The van der Waals surface area contributed by atoms with Crippen LogP contribution in [0.3, 0.4) is 0 Å². The van der Waals surface area contributed by atoms with Crippen LogP contribution in [0.25, 0.3) is 0 Å². The third kappa shape index (κ3) is 4.07. The minimum atomic E-state index is -0.603. The Labute approximate surface area is 80.2 Å². The number of aliphatic hydroxyl groups is 2. The Hall–Kier alpha value is -0.120. The summed E-state index contributed by atoms with van der Waals surface area (Å²) in [6, 6.07) is 0. The summed E-state index contributed by atoms with van der Waals surface area (Å²) >= 11 is 0. The van der Waals surface area contributed by atoms with Crippen LogP contribution in [0, 0.1) is 0 Å². The summed E-state index contributed by atoms with van der Waals surface area (Å²) in [5.74, 6) is 0. The molecule has 0 saturated heterocycles. The van der Waals surface area contributed by atoms with Gasteiger partial charge in [-0.05, 0) is 45.1 Å². The van der Waals surface area contributed by atoms with Crippen LogP contribution in [0.15, 0.2) is 0 Å². The molecule has 0 radical (unpaired) electrons. The van der Waals surface area contributed by atoms with Crippen molar-refractivity contribution >= 4 is 0 Å². The number of aliphatic hydroxyl groups excluding tert-OH is 1. The van der Waals surface area contributed by atoms with Crippen molar-refractivity contribution in [1.29, 1.82) is 0 Å². The average Bonchev–Trinajstić information content (AvgIpc) is 2.14. The van der Waals surface area contributed by atoms with E-state index in [-0.39, 0.29) is 6.61 Å². The Kier molecular flexibility index (Phi) is 4.70. The minimum Gasteiger partial charge on any atom is -0.396 e. The standard InChI is InChI=1S/C10H21NO2/c12-9-5-4-8-11-10(13)6-2-1-3-7-10/h11-13H,1-9H2. The van der Waals surface area contributed by atoms with E-state index < -0.39 is 5.72 Å². The molecular formula is C10H21NO2. The average molecular weight is 187 g/mol. The number of hydrogen-bond donors (Lipinski definition) is 3. The van der Waals surface area contributed by atoms with E-state index in [4.69, 9.17) is 5.11 Å². The molecule has 0 aromatic rings. The van der Waals surface area contributed by atoms with Gasteiger partial charge < -0.3 is 10.2 Å². The lowest BCUT2D eigenvalue weighted by molar-refractivity contribution is -0.0279. The first kappa shape index (κ1) is 11.0. The highest BCUT2D eigenvalue weighted by atomic mass is 16.3. The van der Waals surface area contributed by atoms with Gasteiger partial charge in [-0.25, -0.2) is 0 Å². The van der Waals surface area contributed by atoms with Crippen LogP contribution in [0.1, 0.15) is 44.9 Å². The predicted octanol–water partition coefficient (Wildman–Crippen LogP) is 1.00. The summed E-state index contributed by atoms with van der Waals surface area (Å²) in [5, 5.41) is 21.8. The van der Waals surface area contributed by atoms with Gasteiger partial charge in [-0.3, -0.25) is 5.32 Å². The molecule has 3 nitrogen and oxygen atoms in total. The first-order valence-electron chi connectivity index (χ1n) is 5.35. The van der Waals surface area contributed by atoms with Crippen molar-refractivity contribution < 1.29 is 10.2 Å². The van der Waals surface area contributed by atoms with Gasteiger partial charge in [0.15, 0.2) is 0 Å². The summed E-state index contributed by atoms with van der Waals surface area (Å²) < 4.78 is 0. The summed E-state index contributed by atoms with van der Waals surface area (Å²) in [7, 11) is 0. The van der Waals surface area contributed by atoms with E-state index in [0.717, 1.165) is 45.1 Å². The van der Waals surface area contributed by atoms with E-state index in [1.807, 2.05) is 0 Å². The van der Waals surface area contributed by atoms with Crippen LogP contribution in [-0.4, -0.2) is 29.1 Å². The van der Waals surface area contributed by atoms with Crippen molar-refractivity contribution in [1.82, 2.24) is 5.32 Å². The predicted molar refractivity (Wildman–Crippen MR) is 52.4 cm³/mol. The van der Waals surface area contributed by atoms with E-state index in [0.29, 0.717) is 0 Å². The highest BCUT2D eigenvalue weighted by Crippen LogP contribution is 2.25. The molecule has 3 N–H and O–H groups in total. The van der Waals surface area contributed by atoms with Crippen LogP contribution < -0.4 is 5.32 Å². The topological polar surface area (TPSA) is 52.5 Å². The molecule has 0 aromatic heterocycles. The lowest BCUT2D eigenvalue weighted by atomic mass is 9.92. The summed E-state index contributed by atoms with van der Waals surface area (Å²) in [5.41, 5.74) is -0.603. The van der Waals surface area contributed by atoms with Crippen molar-refractivity contribution in [3.8, 4) is 0 Å². The third-order valence-corrected chi connectivity index (χ3v) is 2.72. The molecule has 13 heavy (non-hydrogen) atoms. The molecule has 1 aliphatic carbocycles. The summed E-state index contributed by atoms with van der Waals surface area (Å²) in [6.07, 6.45) is 7.04. The molecule has 0 unspecified atom stereocenters. The quantitative estimate of drug-likeness (QED) is 0.444. The Morgan fingerprint density at radius 3 is 2.38 bits per heavy atom. The monoisotopic (exact) mass is 187 g/mol. The van der Waals surface area contributed by atoms with Gasteiger partial charge >= 0.3 is 0 Å². The van der Waals surface area contributed by atoms with Gasteiger partial charge in [0.25, 0.3) is 0 Å². The first-order chi connectivity index (χ1) is 6.27. The number of nitrogens with one attached hydrogen (secondary N) is 1. The molecule has 0 atom stereocenters. The Bertz CT molecular complexity index is 133. The SMILES string of the molecule is OCCCCNC1(O)CCCCC1. The lowest BCUT2D eigenvalue weighted by Crippen LogP contribution is -2.46.